The van der Waals surface area contributed by atoms with Gasteiger partial charge in [0, 0.05) is 44.7 Å². The largest absolute Gasteiger partial charge is 0.340 e. The van der Waals surface area contributed by atoms with Crippen LogP contribution in [0.15, 0.2) is 24.3 Å². The Bertz CT molecular complexity index is 454. The molecule has 4 heteroatoms. The van der Waals surface area contributed by atoms with Gasteiger partial charge in [0.1, 0.15) is 5.82 Å². The molecule has 0 aromatic heterocycles. The molecule has 0 saturated carbocycles. The molecule has 3 nitrogen and oxygen atoms in total. The van der Waals surface area contributed by atoms with Crippen LogP contribution < -0.4 is 0 Å². The first-order valence-corrected chi connectivity index (χ1v) is 7.30. The van der Waals surface area contributed by atoms with Crippen LogP contribution in [0.1, 0.15) is 25.8 Å². The Morgan fingerprint density at radius 2 is 1.85 bits per heavy atom. The van der Waals surface area contributed by atoms with Gasteiger partial charge >= 0.3 is 0 Å². The molecule has 20 heavy (non-hydrogen) atoms. The highest BCUT2D eigenvalue weighted by molar-refractivity contribution is 5.76. The predicted molar refractivity (Wildman–Crippen MR) is 77.7 cm³/mol. The lowest BCUT2D eigenvalue weighted by atomic mass is 10.1. The average Bonchev–Trinajstić information content (AvgIpc) is 2.41. The molecule has 0 aliphatic carbocycles. The Morgan fingerprint density at radius 3 is 2.45 bits per heavy atom. The normalized spacial score (nSPS) is 16.7. The second-order valence-electron chi connectivity index (χ2n) is 5.85. The third kappa shape index (κ3) is 4.04. The predicted octanol–water partition coefficient (Wildman–Crippen LogP) is 2.52. The Morgan fingerprint density at radius 1 is 1.20 bits per heavy atom. The van der Waals surface area contributed by atoms with Crippen LogP contribution >= 0.6 is 0 Å². The summed E-state index contributed by atoms with van der Waals surface area (Å²) < 4.78 is 13.6. The summed E-state index contributed by atoms with van der Waals surface area (Å²) in [7, 11) is 0. The Balaban J connectivity index is 1.83. The maximum absolute atomic E-state index is 13.6. The van der Waals surface area contributed by atoms with E-state index in [4.69, 9.17) is 0 Å². The Labute approximate surface area is 120 Å². The number of benzene rings is 1. The lowest BCUT2D eigenvalue weighted by Crippen LogP contribution is -2.48. The summed E-state index contributed by atoms with van der Waals surface area (Å²) in [6.45, 7) is 7.88. The van der Waals surface area contributed by atoms with Crippen molar-refractivity contribution in [1.29, 1.82) is 0 Å². The quantitative estimate of drug-likeness (QED) is 0.845. The zero-order chi connectivity index (χ0) is 14.5. The van der Waals surface area contributed by atoms with Crippen molar-refractivity contribution in [3.05, 3.63) is 35.6 Å². The number of carbonyl (C=O) groups is 1. The minimum absolute atomic E-state index is 0.147. The molecular weight excluding hydrogens is 255 g/mol. The smallest absolute Gasteiger partial charge is 0.222 e. The zero-order valence-corrected chi connectivity index (χ0v) is 12.3. The number of piperazine rings is 1. The zero-order valence-electron chi connectivity index (χ0n) is 12.3. The monoisotopic (exact) mass is 278 g/mol. The SMILES string of the molecule is CC(C)CC(=O)N1CCN(Cc2ccccc2F)CC1. The summed E-state index contributed by atoms with van der Waals surface area (Å²) in [4.78, 5) is 16.1. The molecule has 1 amide bonds. The molecule has 1 aromatic rings. The van der Waals surface area contributed by atoms with E-state index in [0.29, 0.717) is 18.9 Å². The maximum Gasteiger partial charge on any atom is 0.222 e. The second-order valence-corrected chi connectivity index (χ2v) is 5.85. The molecule has 2 rings (SSSR count). The lowest BCUT2D eigenvalue weighted by Gasteiger charge is -2.35. The van der Waals surface area contributed by atoms with Gasteiger partial charge in [-0.05, 0) is 12.0 Å². The van der Waals surface area contributed by atoms with Crippen molar-refractivity contribution >= 4 is 5.91 Å². The van der Waals surface area contributed by atoms with Crippen LogP contribution in [0.25, 0.3) is 0 Å². The first-order chi connectivity index (χ1) is 9.56. The fourth-order valence-electron chi connectivity index (χ4n) is 2.50. The van der Waals surface area contributed by atoms with Crippen molar-refractivity contribution in [2.45, 2.75) is 26.8 Å². The van der Waals surface area contributed by atoms with Gasteiger partial charge in [0.25, 0.3) is 0 Å². The highest BCUT2D eigenvalue weighted by atomic mass is 19.1. The first-order valence-electron chi connectivity index (χ1n) is 7.30. The van der Waals surface area contributed by atoms with E-state index < -0.39 is 0 Å². The van der Waals surface area contributed by atoms with E-state index in [1.54, 1.807) is 6.07 Å². The molecule has 0 bridgehead atoms. The van der Waals surface area contributed by atoms with Gasteiger partial charge in [0.15, 0.2) is 0 Å². The summed E-state index contributed by atoms with van der Waals surface area (Å²) in [5.41, 5.74) is 0.731. The van der Waals surface area contributed by atoms with Gasteiger partial charge in [0.05, 0.1) is 0 Å². The summed E-state index contributed by atoms with van der Waals surface area (Å²) in [6.07, 6.45) is 0.618. The van der Waals surface area contributed by atoms with Crippen LogP contribution in [0.2, 0.25) is 0 Å². The van der Waals surface area contributed by atoms with E-state index in [-0.39, 0.29) is 11.7 Å². The molecular formula is C16H23FN2O. The topological polar surface area (TPSA) is 23.6 Å². The highest BCUT2D eigenvalue weighted by Gasteiger charge is 2.21. The fourth-order valence-corrected chi connectivity index (χ4v) is 2.50. The number of hydrogen-bond acceptors (Lipinski definition) is 2. The van der Waals surface area contributed by atoms with Gasteiger partial charge in [-0.3, -0.25) is 9.69 Å². The van der Waals surface area contributed by atoms with E-state index in [0.717, 1.165) is 31.7 Å². The van der Waals surface area contributed by atoms with Crippen LogP contribution in [0.5, 0.6) is 0 Å². The number of carbonyl (C=O) groups excluding carboxylic acids is 1. The molecule has 1 fully saturated rings. The molecule has 1 saturated heterocycles. The van der Waals surface area contributed by atoms with Gasteiger partial charge in [-0.15, -0.1) is 0 Å². The van der Waals surface area contributed by atoms with E-state index in [9.17, 15) is 9.18 Å². The van der Waals surface area contributed by atoms with Crippen molar-refractivity contribution in [2.24, 2.45) is 5.92 Å². The van der Waals surface area contributed by atoms with Crippen LogP contribution in [0, 0.1) is 11.7 Å². The van der Waals surface area contributed by atoms with Gasteiger partial charge in [-0.2, -0.15) is 0 Å². The third-order valence-electron chi connectivity index (χ3n) is 3.66. The fraction of sp³-hybridized carbons (Fsp3) is 0.562. The summed E-state index contributed by atoms with van der Waals surface area (Å²) in [6, 6.07) is 6.89. The molecule has 110 valence electrons. The van der Waals surface area contributed by atoms with E-state index in [1.165, 1.54) is 6.07 Å². The van der Waals surface area contributed by atoms with Gasteiger partial charge < -0.3 is 4.90 Å². The molecule has 0 spiro atoms. The van der Waals surface area contributed by atoms with Crippen molar-refractivity contribution in [3.63, 3.8) is 0 Å². The molecule has 0 radical (unpaired) electrons. The molecule has 1 aromatic carbocycles. The van der Waals surface area contributed by atoms with Gasteiger partial charge in [-0.25, -0.2) is 4.39 Å². The summed E-state index contributed by atoms with van der Waals surface area (Å²) in [5, 5.41) is 0. The molecule has 1 aliphatic heterocycles. The molecule has 0 N–H and O–H groups in total. The maximum atomic E-state index is 13.6. The Hall–Kier alpha value is -1.42. The van der Waals surface area contributed by atoms with Crippen molar-refractivity contribution in [1.82, 2.24) is 9.80 Å². The minimum atomic E-state index is -0.147. The molecule has 0 unspecified atom stereocenters. The summed E-state index contributed by atoms with van der Waals surface area (Å²) in [5.74, 6) is 0.496. The van der Waals surface area contributed by atoms with Gasteiger partial charge in [-0.1, -0.05) is 32.0 Å². The van der Waals surface area contributed by atoms with Crippen LogP contribution in [-0.4, -0.2) is 41.9 Å². The van der Waals surface area contributed by atoms with E-state index in [2.05, 4.69) is 18.7 Å². The van der Waals surface area contributed by atoms with Crippen molar-refractivity contribution in [3.8, 4) is 0 Å². The van der Waals surface area contributed by atoms with Crippen molar-refractivity contribution < 1.29 is 9.18 Å². The number of halogens is 1. The van der Waals surface area contributed by atoms with E-state index >= 15 is 0 Å². The standard InChI is InChI=1S/C16H23FN2O/c1-13(2)11-16(20)19-9-7-18(8-10-19)12-14-5-3-4-6-15(14)17/h3-6,13H,7-12H2,1-2H3. The highest BCUT2D eigenvalue weighted by Crippen LogP contribution is 2.13. The molecule has 1 heterocycles. The van der Waals surface area contributed by atoms with Crippen LogP contribution in [0.3, 0.4) is 0 Å². The number of amides is 1. The van der Waals surface area contributed by atoms with E-state index in [1.807, 2.05) is 17.0 Å². The summed E-state index contributed by atoms with van der Waals surface area (Å²) >= 11 is 0. The number of rotatable bonds is 4. The number of hydrogen-bond donors (Lipinski definition) is 0. The molecule has 1 aliphatic rings. The van der Waals surface area contributed by atoms with Crippen LogP contribution in [0.4, 0.5) is 4.39 Å². The lowest BCUT2D eigenvalue weighted by molar-refractivity contribution is -0.133. The average molecular weight is 278 g/mol. The Kier molecular flexibility index (Phi) is 5.12. The van der Waals surface area contributed by atoms with Gasteiger partial charge in [0.2, 0.25) is 5.91 Å². The number of nitrogens with zero attached hydrogens (tertiary/aromatic N) is 2. The minimum Gasteiger partial charge on any atom is -0.340 e. The molecule has 0 atom stereocenters. The van der Waals surface area contributed by atoms with Crippen molar-refractivity contribution in [2.75, 3.05) is 26.2 Å². The first kappa shape index (κ1) is 15.0. The second kappa shape index (κ2) is 6.84. The third-order valence-corrected chi connectivity index (χ3v) is 3.66. The van der Waals surface area contributed by atoms with Crippen LogP contribution in [-0.2, 0) is 11.3 Å².